The molecule has 19 nitrogen and oxygen atoms in total. The van der Waals surface area contributed by atoms with Crippen molar-refractivity contribution in [3.63, 3.8) is 0 Å². The minimum atomic E-state index is -1.22. The largest absolute Gasteiger partial charge is 0.454 e. The number of aromatic nitrogens is 4. The summed E-state index contributed by atoms with van der Waals surface area (Å²) in [5.41, 5.74) is 18.6. The van der Waals surface area contributed by atoms with E-state index in [1.54, 1.807) is 24.3 Å². The fourth-order valence-corrected chi connectivity index (χ4v) is 8.58. The number of anilines is 4. The van der Waals surface area contributed by atoms with E-state index >= 15 is 0 Å². The van der Waals surface area contributed by atoms with E-state index in [1.807, 2.05) is 138 Å². The Kier molecular flexibility index (Phi) is 16.3. The van der Waals surface area contributed by atoms with Gasteiger partial charge in [-0.3, -0.25) is 25.3 Å². The molecule has 8 aromatic rings. The smallest absolute Gasteiger partial charge is 0.271 e. The van der Waals surface area contributed by atoms with E-state index in [1.165, 1.54) is 12.1 Å². The molecule has 0 atom stereocenters. The van der Waals surface area contributed by atoms with E-state index in [9.17, 15) is 20.2 Å². The van der Waals surface area contributed by atoms with Crippen molar-refractivity contribution in [3.8, 4) is 23.0 Å². The number of nitrogens with two attached hydrogens (primary N) is 2. The van der Waals surface area contributed by atoms with Crippen LogP contribution in [0.5, 0.6) is 23.0 Å². The van der Waals surface area contributed by atoms with Crippen LogP contribution in [-0.2, 0) is 11.5 Å². The summed E-state index contributed by atoms with van der Waals surface area (Å²) in [7, 11) is 2.55. The number of aromatic amines is 1. The van der Waals surface area contributed by atoms with Crippen molar-refractivity contribution in [2.45, 2.75) is 32.4 Å². The van der Waals surface area contributed by atoms with Crippen molar-refractivity contribution in [3.05, 3.63) is 164 Å². The van der Waals surface area contributed by atoms with Gasteiger partial charge in [-0.15, -0.1) is 0 Å². The van der Waals surface area contributed by atoms with Crippen LogP contribution in [-0.4, -0.2) is 85.3 Å². The highest BCUT2D eigenvalue weighted by molar-refractivity contribution is 6.76. The third-order valence-electron chi connectivity index (χ3n) is 12.0. The van der Waals surface area contributed by atoms with E-state index in [0.717, 1.165) is 96.1 Å². The lowest BCUT2D eigenvalue weighted by molar-refractivity contribution is -0.385. The molecule has 0 saturated heterocycles. The highest BCUT2D eigenvalue weighted by Crippen LogP contribution is 2.36. The maximum absolute atomic E-state index is 11.3. The Morgan fingerprint density at radius 2 is 1.16 bits per heavy atom. The fraction of sp³-hybridized carbons (Fsp3) is 0.222. The monoisotopic (exact) mass is 1020 g/mol. The van der Waals surface area contributed by atoms with E-state index in [4.69, 9.17) is 40.3 Å². The Morgan fingerprint density at radius 3 is 1.70 bits per heavy atom. The van der Waals surface area contributed by atoms with Crippen LogP contribution in [0.3, 0.4) is 0 Å². The van der Waals surface area contributed by atoms with Gasteiger partial charge in [0.2, 0.25) is 13.6 Å². The number of hydrogen-bond donors (Lipinski definition) is 3. The molecule has 74 heavy (non-hydrogen) atoms. The summed E-state index contributed by atoms with van der Waals surface area (Å²) in [6, 6.07) is 37.8. The first-order valence-corrected chi connectivity index (χ1v) is 27.5. The Morgan fingerprint density at radius 1 is 0.649 bits per heavy atom. The molecule has 0 bridgehead atoms. The average Bonchev–Trinajstić information content (AvgIpc) is 4.24. The highest BCUT2D eigenvalue weighted by Gasteiger charge is 2.18. The zero-order chi connectivity index (χ0) is 52.4. The second-order valence-electron chi connectivity index (χ2n) is 18.4. The quantitative estimate of drug-likeness (QED) is 0.0353. The standard InChI is InChI=1S/C29H32N4O5Si.C23H18N4O4.C2H8N2/c1-31(22-6-5-7-24(17-22)33(34)35)23-10-11-25-26(12-8-21-9-13-28-29(16-21)38-20-37-28)30-32(27(25)18-23)19-36-14-15-39(2,3)4;1-26(16-3-2-4-18(12-16)27(28)29)17-7-8-19-20(24-25-21(19)13-17)9-5-15-6-10-22-23(11-15)31-14-30-22;3-1-2-4/h5-13,16-18H,14-15,19-20H2,1-4H3;2-13H,14H2,1H3,(H,24,25);1-4H2/b12-8+;9-5+;. The third kappa shape index (κ3) is 12.7. The molecule has 0 unspecified atom stereocenters. The van der Waals surface area contributed by atoms with Crippen LogP contribution in [0.25, 0.3) is 46.1 Å². The molecular formula is C54H58N10O9Si. The summed E-state index contributed by atoms with van der Waals surface area (Å²) in [4.78, 5) is 25.4. The minimum Gasteiger partial charge on any atom is -0.454 e. The summed E-state index contributed by atoms with van der Waals surface area (Å²) in [6.07, 6.45) is 7.91. The predicted molar refractivity (Wildman–Crippen MR) is 293 cm³/mol. The highest BCUT2D eigenvalue weighted by atomic mass is 28.3. The van der Waals surface area contributed by atoms with Crippen LogP contribution >= 0.6 is 0 Å². The van der Waals surface area contributed by atoms with Crippen molar-refractivity contribution in [1.29, 1.82) is 0 Å². The van der Waals surface area contributed by atoms with Gasteiger partial charge in [-0.05, 0) is 102 Å². The van der Waals surface area contributed by atoms with Gasteiger partial charge < -0.3 is 45.0 Å². The van der Waals surface area contributed by atoms with E-state index < -0.39 is 13.0 Å². The van der Waals surface area contributed by atoms with Gasteiger partial charge in [-0.1, -0.05) is 56.1 Å². The van der Waals surface area contributed by atoms with Crippen LogP contribution in [0.15, 0.2) is 121 Å². The molecule has 0 amide bonds. The molecule has 5 N–H and O–H groups in total. The zero-order valence-corrected chi connectivity index (χ0v) is 42.8. The molecule has 10 rings (SSSR count). The van der Waals surface area contributed by atoms with E-state index in [-0.39, 0.29) is 29.9 Å². The van der Waals surface area contributed by atoms with Crippen molar-refractivity contribution < 1.29 is 33.5 Å². The van der Waals surface area contributed by atoms with Crippen LogP contribution in [0.1, 0.15) is 22.5 Å². The molecule has 0 saturated carbocycles. The number of nitrogens with one attached hydrogen (secondary N) is 1. The number of rotatable bonds is 16. The first-order valence-electron chi connectivity index (χ1n) is 23.8. The van der Waals surface area contributed by atoms with Gasteiger partial charge in [0, 0.05) is 99.7 Å². The first kappa shape index (κ1) is 51.8. The number of benzene rings is 6. The van der Waals surface area contributed by atoms with Crippen LogP contribution in [0.4, 0.5) is 34.1 Å². The summed E-state index contributed by atoms with van der Waals surface area (Å²) in [5.74, 6) is 2.97. The molecule has 2 aromatic heterocycles. The summed E-state index contributed by atoms with van der Waals surface area (Å²) >= 11 is 0. The molecule has 4 heterocycles. The van der Waals surface area contributed by atoms with Gasteiger partial charge in [0.25, 0.3) is 11.4 Å². The molecule has 0 spiro atoms. The predicted octanol–water partition coefficient (Wildman–Crippen LogP) is 11.0. The van der Waals surface area contributed by atoms with Gasteiger partial charge in [0.15, 0.2) is 23.0 Å². The number of nitrogens with zero attached hydrogens (tertiary/aromatic N) is 7. The Balaban J connectivity index is 0.000000188. The lowest BCUT2D eigenvalue weighted by Gasteiger charge is -2.20. The molecule has 0 fully saturated rings. The third-order valence-corrected chi connectivity index (χ3v) is 13.7. The van der Waals surface area contributed by atoms with Crippen molar-refractivity contribution in [2.24, 2.45) is 11.5 Å². The summed E-state index contributed by atoms with van der Waals surface area (Å²) < 4.78 is 29.6. The van der Waals surface area contributed by atoms with Crippen molar-refractivity contribution in [1.82, 2.24) is 20.0 Å². The number of ether oxygens (including phenoxy) is 5. The topological polar surface area (TPSA) is 237 Å². The van der Waals surface area contributed by atoms with Crippen LogP contribution < -0.4 is 40.2 Å². The van der Waals surface area contributed by atoms with Crippen molar-refractivity contribution >= 4 is 88.3 Å². The van der Waals surface area contributed by atoms with Gasteiger partial charge in [-0.2, -0.15) is 10.2 Å². The minimum absolute atomic E-state index is 0.0530. The lowest BCUT2D eigenvalue weighted by atomic mass is 10.1. The molecule has 0 aliphatic carbocycles. The van der Waals surface area contributed by atoms with E-state index in [0.29, 0.717) is 26.4 Å². The number of non-ortho nitro benzene ring substituents is 2. The molecule has 0 radical (unpaired) electrons. The second kappa shape index (κ2) is 23.3. The Hall–Kier alpha value is -8.56. The number of fused-ring (bicyclic) bond motifs is 4. The average molecular weight is 1020 g/mol. The molecule has 2 aliphatic heterocycles. The van der Waals surface area contributed by atoms with Crippen LogP contribution in [0, 0.1) is 20.2 Å². The number of hydrogen-bond acceptors (Lipinski definition) is 15. The summed E-state index contributed by atoms with van der Waals surface area (Å²) in [5, 5.41) is 36.7. The first-order chi connectivity index (χ1) is 35.7. The summed E-state index contributed by atoms with van der Waals surface area (Å²) in [6.45, 7) is 9.69. The van der Waals surface area contributed by atoms with Gasteiger partial charge in [0.1, 0.15) is 6.73 Å². The molecular weight excluding hydrogens is 961 g/mol. The molecule has 382 valence electrons. The molecule has 2 aliphatic rings. The molecule has 6 aromatic carbocycles. The Bertz CT molecular complexity index is 3350. The normalized spacial score (nSPS) is 12.5. The van der Waals surface area contributed by atoms with Crippen LogP contribution in [0.2, 0.25) is 25.7 Å². The number of nitro benzene ring substituents is 2. The zero-order valence-electron chi connectivity index (χ0n) is 41.8. The fourth-order valence-electron chi connectivity index (χ4n) is 7.82. The maximum atomic E-state index is 11.3. The van der Waals surface area contributed by atoms with Gasteiger partial charge >= 0.3 is 0 Å². The Labute approximate surface area is 428 Å². The SMILES string of the molecule is CN(c1cccc([N+](=O)[O-])c1)c1ccc2c(/C=C/c3ccc4c(c3)OCO4)n[nH]c2c1.CN(c1cccc([N+](=O)[O-])c1)c1ccc2c(/C=C/c3ccc4c(c3)OCO4)nn(COCC[Si](C)(C)C)c2c1.NCCN. The lowest BCUT2D eigenvalue weighted by Crippen LogP contribution is -2.22. The molecule has 20 heteroatoms. The van der Waals surface area contributed by atoms with E-state index in [2.05, 4.69) is 29.8 Å². The maximum Gasteiger partial charge on any atom is 0.271 e. The van der Waals surface area contributed by atoms with Gasteiger partial charge in [-0.25, -0.2) is 4.68 Å². The number of H-pyrrole nitrogens is 1. The second-order valence-corrected chi connectivity index (χ2v) is 24.0. The van der Waals surface area contributed by atoms with Crippen molar-refractivity contribution in [2.75, 3.05) is 57.2 Å². The van der Waals surface area contributed by atoms with Gasteiger partial charge in [0.05, 0.1) is 32.3 Å². The number of nitro groups is 2.